The van der Waals surface area contributed by atoms with Crippen molar-refractivity contribution in [2.75, 3.05) is 0 Å². The number of rotatable bonds is 11. The monoisotopic (exact) mass is 623 g/mol. The Kier molecular flexibility index (Phi) is 10.2. The van der Waals surface area contributed by atoms with Crippen LogP contribution < -0.4 is 0 Å². The summed E-state index contributed by atoms with van der Waals surface area (Å²) in [5.74, 6) is 2.74. The highest BCUT2D eigenvalue weighted by Crippen LogP contribution is 2.75. The van der Waals surface area contributed by atoms with Gasteiger partial charge in [0.15, 0.2) is 5.78 Å². The quantitative estimate of drug-likeness (QED) is 0.170. The van der Waals surface area contributed by atoms with Crippen molar-refractivity contribution < 1.29 is 14.3 Å². The summed E-state index contributed by atoms with van der Waals surface area (Å²) < 4.78 is 6.32. The highest BCUT2D eigenvalue weighted by Gasteiger charge is 2.70. The van der Waals surface area contributed by atoms with E-state index in [4.69, 9.17) is 4.74 Å². The lowest BCUT2D eigenvalue weighted by atomic mass is 9.33. The maximum atomic E-state index is 14.6. The highest BCUT2D eigenvalue weighted by molar-refractivity contribution is 5.95. The molecule has 0 radical (unpaired) electrons. The summed E-state index contributed by atoms with van der Waals surface area (Å²) >= 11 is 0. The lowest BCUT2D eigenvalue weighted by Gasteiger charge is -2.70. The van der Waals surface area contributed by atoms with E-state index in [1.807, 2.05) is 0 Å². The zero-order valence-corrected chi connectivity index (χ0v) is 31.0. The number of hydrogen-bond acceptors (Lipinski definition) is 3. The molecule has 0 aromatic heterocycles. The van der Waals surface area contributed by atoms with Gasteiger partial charge in [-0.2, -0.15) is 0 Å². The first-order valence-corrected chi connectivity index (χ1v) is 19.6. The topological polar surface area (TPSA) is 43.4 Å². The molecule has 4 saturated carbocycles. The largest absolute Gasteiger partial charge is 0.462 e. The van der Waals surface area contributed by atoms with Crippen molar-refractivity contribution in [1.82, 2.24) is 0 Å². The van der Waals surface area contributed by atoms with Crippen LogP contribution in [0.5, 0.6) is 0 Å². The van der Waals surface area contributed by atoms with Gasteiger partial charge < -0.3 is 4.74 Å². The third kappa shape index (κ3) is 5.94. The van der Waals surface area contributed by atoms with Gasteiger partial charge in [-0.05, 0) is 109 Å². The summed E-state index contributed by atoms with van der Waals surface area (Å²) in [7, 11) is 0. The molecule has 3 heteroatoms. The number of allylic oxidation sites excluding steroid dienone is 2. The molecule has 0 aliphatic heterocycles. The number of carbonyl (C=O) groups is 2. The molecule has 0 heterocycles. The first-order chi connectivity index (χ1) is 21.2. The molecule has 0 saturated heterocycles. The van der Waals surface area contributed by atoms with Gasteiger partial charge in [0.2, 0.25) is 0 Å². The Labute approximate surface area is 277 Å². The third-order valence-electron chi connectivity index (χ3n) is 15.8. The SMILES string of the molecule is CCCCCCCCCCCC(=O)OC1CCC2(C)C(CCC3(C)C2C(=O)C=C2C4C(C)C(C)CCC4(C)CCC23C)C1(C)C. The first-order valence-electron chi connectivity index (χ1n) is 19.6. The van der Waals surface area contributed by atoms with Gasteiger partial charge in [-0.1, -0.05) is 119 Å². The summed E-state index contributed by atoms with van der Waals surface area (Å²) in [6, 6.07) is 0. The van der Waals surface area contributed by atoms with E-state index in [2.05, 4.69) is 68.4 Å². The summed E-state index contributed by atoms with van der Waals surface area (Å²) in [6.07, 6.45) is 23.3. The number of fused-ring (bicyclic) bond motifs is 7. The Balaban J connectivity index is 1.27. The van der Waals surface area contributed by atoms with E-state index in [9.17, 15) is 9.59 Å². The van der Waals surface area contributed by atoms with Crippen LogP contribution in [0.25, 0.3) is 0 Å². The van der Waals surface area contributed by atoms with E-state index in [1.165, 1.54) is 76.2 Å². The lowest BCUT2D eigenvalue weighted by Crippen LogP contribution is -2.67. The molecule has 3 nitrogen and oxygen atoms in total. The van der Waals surface area contributed by atoms with Crippen LogP contribution in [0.4, 0.5) is 0 Å². The minimum Gasteiger partial charge on any atom is -0.462 e. The van der Waals surface area contributed by atoms with Crippen LogP contribution in [0, 0.1) is 56.7 Å². The molecule has 10 unspecified atom stereocenters. The van der Waals surface area contributed by atoms with Crippen LogP contribution in [-0.2, 0) is 14.3 Å². The van der Waals surface area contributed by atoms with Crippen LogP contribution >= 0.6 is 0 Å². The van der Waals surface area contributed by atoms with Crippen LogP contribution in [0.15, 0.2) is 11.6 Å². The second-order valence-electron chi connectivity index (χ2n) is 18.7. The molecule has 0 bridgehead atoms. The molecule has 10 atom stereocenters. The van der Waals surface area contributed by atoms with Gasteiger partial charge in [0.1, 0.15) is 6.10 Å². The molecule has 5 aliphatic rings. The number of ketones is 1. The van der Waals surface area contributed by atoms with Crippen LogP contribution in [0.2, 0.25) is 0 Å². The zero-order chi connectivity index (χ0) is 32.8. The molecule has 45 heavy (non-hydrogen) atoms. The minimum atomic E-state index is -0.133. The third-order valence-corrected chi connectivity index (χ3v) is 15.8. The van der Waals surface area contributed by atoms with Gasteiger partial charge in [-0.3, -0.25) is 9.59 Å². The second kappa shape index (κ2) is 13.1. The van der Waals surface area contributed by atoms with E-state index < -0.39 is 0 Å². The standard InChI is InChI=1S/C42H70O3/c1-10-11-12-13-14-15-16-17-18-19-35(44)45-34-22-24-40(7)33(38(34,4)5)21-25-42(9)37(40)32(43)28-31-36-30(3)29(2)20-23-39(36,6)26-27-41(31,42)8/h28-30,33-34,36-37H,10-27H2,1-9H3. The smallest absolute Gasteiger partial charge is 0.306 e. The van der Waals surface area contributed by atoms with E-state index in [0.29, 0.717) is 35.4 Å². The van der Waals surface area contributed by atoms with E-state index in [0.717, 1.165) is 44.4 Å². The van der Waals surface area contributed by atoms with E-state index in [1.54, 1.807) is 0 Å². The molecule has 0 aromatic carbocycles. The van der Waals surface area contributed by atoms with Crippen molar-refractivity contribution in [3.8, 4) is 0 Å². The fraction of sp³-hybridized carbons (Fsp3) is 0.905. The maximum absolute atomic E-state index is 14.6. The predicted molar refractivity (Wildman–Crippen MR) is 187 cm³/mol. The fourth-order valence-electron chi connectivity index (χ4n) is 12.7. The Hall–Kier alpha value is -1.12. The van der Waals surface area contributed by atoms with Gasteiger partial charge in [0, 0.05) is 17.8 Å². The van der Waals surface area contributed by atoms with Crippen molar-refractivity contribution >= 4 is 11.8 Å². The predicted octanol–water partition coefficient (Wildman–Crippen LogP) is 11.7. The van der Waals surface area contributed by atoms with Crippen molar-refractivity contribution in [3.63, 3.8) is 0 Å². The zero-order valence-electron chi connectivity index (χ0n) is 31.0. The average molecular weight is 623 g/mol. The normalized spacial score (nSPS) is 43.8. The summed E-state index contributed by atoms with van der Waals surface area (Å²) in [6.45, 7) is 22.0. The summed E-state index contributed by atoms with van der Waals surface area (Å²) in [4.78, 5) is 27.7. The summed E-state index contributed by atoms with van der Waals surface area (Å²) in [5.41, 5.74) is 1.73. The van der Waals surface area contributed by atoms with Crippen molar-refractivity contribution in [2.24, 2.45) is 56.7 Å². The number of ether oxygens (including phenoxy) is 1. The second-order valence-corrected chi connectivity index (χ2v) is 18.7. The molecular weight excluding hydrogens is 552 g/mol. The van der Waals surface area contributed by atoms with Crippen molar-refractivity contribution in [2.45, 2.75) is 184 Å². The number of unbranched alkanes of at least 4 members (excludes halogenated alkanes) is 8. The Morgan fingerprint density at radius 2 is 1.44 bits per heavy atom. The highest BCUT2D eigenvalue weighted by atomic mass is 16.5. The number of esters is 1. The van der Waals surface area contributed by atoms with Crippen LogP contribution in [0.1, 0.15) is 178 Å². The maximum Gasteiger partial charge on any atom is 0.306 e. The van der Waals surface area contributed by atoms with E-state index in [-0.39, 0.29) is 39.7 Å². The molecule has 0 aromatic rings. The first kappa shape index (κ1) is 35.2. The number of carbonyl (C=O) groups excluding carboxylic acids is 2. The summed E-state index contributed by atoms with van der Waals surface area (Å²) in [5, 5.41) is 0. The Morgan fingerprint density at radius 1 is 0.800 bits per heavy atom. The van der Waals surface area contributed by atoms with Gasteiger partial charge >= 0.3 is 5.97 Å². The van der Waals surface area contributed by atoms with Gasteiger partial charge in [-0.15, -0.1) is 0 Å². The average Bonchev–Trinajstić information content (AvgIpc) is 2.97. The minimum absolute atomic E-state index is 0.00446. The van der Waals surface area contributed by atoms with Gasteiger partial charge in [0.25, 0.3) is 0 Å². The van der Waals surface area contributed by atoms with Crippen molar-refractivity contribution in [3.05, 3.63) is 11.6 Å². The van der Waals surface area contributed by atoms with E-state index >= 15 is 0 Å². The van der Waals surface area contributed by atoms with Gasteiger partial charge in [0.05, 0.1) is 0 Å². The van der Waals surface area contributed by atoms with Crippen LogP contribution in [-0.4, -0.2) is 17.9 Å². The molecule has 256 valence electrons. The molecule has 0 N–H and O–H groups in total. The Bertz CT molecular complexity index is 1120. The lowest BCUT2D eigenvalue weighted by molar-refractivity contribution is -0.211. The molecule has 5 rings (SSSR count). The van der Waals surface area contributed by atoms with Crippen molar-refractivity contribution in [1.29, 1.82) is 0 Å². The molecule has 4 fully saturated rings. The molecular formula is C42H70O3. The fourth-order valence-corrected chi connectivity index (χ4v) is 12.7. The van der Waals surface area contributed by atoms with Gasteiger partial charge in [-0.25, -0.2) is 0 Å². The Morgan fingerprint density at radius 3 is 2.11 bits per heavy atom. The molecule has 5 aliphatic carbocycles. The number of hydrogen-bond donors (Lipinski definition) is 0. The molecule has 0 spiro atoms. The molecule has 0 amide bonds. The van der Waals surface area contributed by atoms with Crippen LogP contribution in [0.3, 0.4) is 0 Å².